The van der Waals surface area contributed by atoms with Crippen LogP contribution >= 0.6 is 0 Å². The fourth-order valence-corrected chi connectivity index (χ4v) is 1.10. The molecule has 0 aromatic rings. The quantitative estimate of drug-likeness (QED) is 0.605. The van der Waals surface area contributed by atoms with Crippen LogP contribution in [-0.4, -0.2) is 22.3 Å². The fraction of sp³-hybridized carbons (Fsp3) is 0.857. The zero-order valence-electron chi connectivity index (χ0n) is 5.95. The number of hydrogen-bond donors (Lipinski definition) is 2. The van der Waals surface area contributed by atoms with Crippen LogP contribution in [0.3, 0.4) is 0 Å². The minimum absolute atomic E-state index is 0.0718. The molecule has 2 atom stereocenters. The third kappa shape index (κ3) is 1.48. The largest absolute Gasteiger partial charge is 0.479 e. The number of aliphatic hydroxyl groups excluding tert-OH is 1. The Hall–Kier alpha value is -0.570. The van der Waals surface area contributed by atoms with Gasteiger partial charge in [-0.05, 0) is 24.7 Å². The molecule has 1 fully saturated rings. The van der Waals surface area contributed by atoms with Crippen LogP contribution in [0.4, 0.5) is 0 Å². The summed E-state index contributed by atoms with van der Waals surface area (Å²) in [5, 5.41) is 17.4. The standard InChI is InChI=1S/C7H12O3/c1-4(5-2-3-5)6(8)7(9)10/h4-6,8H,2-3H2,1H3,(H,9,10). The topological polar surface area (TPSA) is 57.5 Å². The van der Waals surface area contributed by atoms with Gasteiger partial charge in [-0.15, -0.1) is 0 Å². The van der Waals surface area contributed by atoms with Gasteiger partial charge in [-0.25, -0.2) is 4.79 Å². The smallest absolute Gasteiger partial charge is 0.332 e. The molecular weight excluding hydrogens is 132 g/mol. The molecule has 3 nitrogen and oxygen atoms in total. The molecule has 58 valence electrons. The Bertz CT molecular complexity index is 140. The number of aliphatic carboxylic acids is 1. The summed E-state index contributed by atoms with van der Waals surface area (Å²) in [7, 11) is 0. The molecule has 0 heterocycles. The lowest BCUT2D eigenvalue weighted by Crippen LogP contribution is -2.28. The monoisotopic (exact) mass is 144 g/mol. The molecule has 0 radical (unpaired) electrons. The molecule has 0 aromatic heterocycles. The third-order valence-electron chi connectivity index (χ3n) is 2.12. The zero-order valence-corrected chi connectivity index (χ0v) is 5.95. The van der Waals surface area contributed by atoms with Gasteiger partial charge in [0.2, 0.25) is 0 Å². The van der Waals surface area contributed by atoms with E-state index in [1.807, 2.05) is 0 Å². The summed E-state index contributed by atoms with van der Waals surface area (Å²) < 4.78 is 0. The second-order valence-electron chi connectivity index (χ2n) is 2.98. The van der Waals surface area contributed by atoms with E-state index in [0.29, 0.717) is 5.92 Å². The maximum absolute atomic E-state index is 10.2. The average Bonchev–Trinajstić information content (AvgIpc) is 2.65. The minimum Gasteiger partial charge on any atom is -0.479 e. The van der Waals surface area contributed by atoms with Crippen molar-refractivity contribution < 1.29 is 15.0 Å². The Balaban J connectivity index is 2.38. The molecular formula is C7H12O3. The van der Waals surface area contributed by atoms with Crippen molar-refractivity contribution in [3.63, 3.8) is 0 Å². The van der Waals surface area contributed by atoms with Crippen LogP contribution in [0.15, 0.2) is 0 Å². The molecule has 1 aliphatic carbocycles. The van der Waals surface area contributed by atoms with E-state index in [4.69, 9.17) is 10.2 Å². The predicted molar refractivity (Wildman–Crippen MR) is 35.5 cm³/mol. The van der Waals surface area contributed by atoms with E-state index in [2.05, 4.69) is 0 Å². The first-order valence-corrected chi connectivity index (χ1v) is 3.54. The van der Waals surface area contributed by atoms with Crippen molar-refractivity contribution in [2.45, 2.75) is 25.9 Å². The molecule has 10 heavy (non-hydrogen) atoms. The number of hydrogen-bond acceptors (Lipinski definition) is 2. The van der Waals surface area contributed by atoms with Crippen LogP contribution in [0.1, 0.15) is 19.8 Å². The lowest BCUT2D eigenvalue weighted by Gasteiger charge is -2.12. The Morgan fingerprint density at radius 1 is 1.60 bits per heavy atom. The summed E-state index contributed by atoms with van der Waals surface area (Å²) in [5.74, 6) is -0.719. The number of carboxylic acids is 1. The normalized spacial score (nSPS) is 23.8. The van der Waals surface area contributed by atoms with Crippen LogP contribution in [0.5, 0.6) is 0 Å². The first kappa shape index (κ1) is 7.54. The van der Waals surface area contributed by atoms with E-state index < -0.39 is 12.1 Å². The van der Waals surface area contributed by atoms with E-state index in [-0.39, 0.29) is 5.92 Å². The van der Waals surface area contributed by atoms with Gasteiger partial charge in [-0.2, -0.15) is 0 Å². The molecule has 0 aromatic carbocycles. The second kappa shape index (κ2) is 2.58. The number of carbonyl (C=O) groups is 1. The first-order valence-electron chi connectivity index (χ1n) is 3.54. The van der Waals surface area contributed by atoms with Gasteiger partial charge >= 0.3 is 5.97 Å². The summed E-state index contributed by atoms with van der Waals surface area (Å²) in [6.45, 7) is 1.79. The molecule has 2 unspecified atom stereocenters. The number of carboxylic acid groups (broad SMARTS) is 1. The fourth-order valence-electron chi connectivity index (χ4n) is 1.10. The lowest BCUT2D eigenvalue weighted by atomic mass is 10.00. The molecule has 1 saturated carbocycles. The van der Waals surface area contributed by atoms with E-state index >= 15 is 0 Å². The molecule has 1 aliphatic rings. The van der Waals surface area contributed by atoms with Crippen LogP contribution in [-0.2, 0) is 4.79 Å². The van der Waals surface area contributed by atoms with Crippen molar-refractivity contribution in [3.8, 4) is 0 Å². The van der Waals surface area contributed by atoms with Crippen molar-refractivity contribution in [2.24, 2.45) is 11.8 Å². The Kier molecular flexibility index (Phi) is 1.94. The highest BCUT2D eigenvalue weighted by Gasteiger charge is 2.35. The highest BCUT2D eigenvalue weighted by Crippen LogP contribution is 2.38. The van der Waals surface area contributed by atoms with E-state index in [1.54, 1.807) is 6.92 Å². The van der Waals surface area contributed by atoms with Gasteiger partial charge < -0.3 is 10.2 Å². The van der Waals surface area contributed by atoms with Gasteiger partial charge in [0.1, 0.15) is 0 Å². The highest BCUT2D eigenvalue weighted by molar-refractivity contribution is 5.72. The molecule has 0 spiro atoms. The van der Waals surface area contributed by atoms with E-state index in [1.165, 1.54) is 0 Å². The second-order valence-corrected chi connectivity index (χ2v) is 2.98. The van der Waals surface area contributed by atoms with Crippen molar-refractivity contribution in [2.75, 3.05) is 0 Å². The maximum atomic E-state index is 10.2. The highest BCUT2D eigenvalue weighted by atomic mass is 16.4. The van der Waals surface area contributed by atoms with Gasteiger partial charge in [0.15, 0.2) is 6.10 Å². The van der Waals surface area contributed by atoms with E-state index in [0.717, 1.165) is 12.8 Å². The summed E-state index contributed by atoms with van der Waals surface area (Å²) in [5.41, 5.74) is 0. The maximum Gasteiger partial charge on any atom is 0.332 e. The van der Waals surface area contributed by atoms with Crippen molar-refractivity contribution in [1.29, 1.82) is 0 Å². The van der Waals surface area contributed by atoms with Gasteiger partial charge in [0.25, 0.3) is 0 Å². The molecule has 0 amide bonds. The van der Waals surface area contributed by atoms with E-state index in [9.17, 15) is 4.79 Å². The molecule has 0 aliphatic heterocycles. The van der Waals surface area contributed by atoms with Crippen LogP contribution < -0.4 is 0 Å². The number of aliphatic hydroxyl groups is 1. The van der Waals surface area contributed by atoms with Gasteiger partial charge in [0.05, 0.1) is 0 Å². The number of rotatable bonds is 3. The Morgan fingerprint density at radius 2 is 2.10 bits per heavy atom. The van der Waals surface area contributed by atoms with Crippen LogP contribution in [0.2, 0.25) is 0 Å². The van der Waals surface area contributed by atoms with Gasteiger partial charge in [0, 0.05) is 0 Å². The SMILES string of the molecule is CC(C1CC1)C(O)C(=O)O. The molecule has 0 bridgehead atoms. The van der Waals surface area contributed by atoms with Crippen LogP contribution in [0.25, 0.3) is 0 Å². The molecule has 3 heteroatoms. The Labute approximate surface area is 59.7 Å². The molecule has 2 N–H and O–H groups in total. The summed E-state index contributed by atoms with van der Waals surface area (Å²) in [4.78, 5) is 10.2. The van der Waals surface area contributed by atoms with Crippen molar-refractivity contribution in [3.05, 3.63) is 0 Å². The van der Waals surface area contributed by atoms with Gasteiger partial charge in [-0.1, -0.05) is 6.92 Å². The van der Waals surface area contributed by atoms with Crippen molar-refractivity contribution >= 4 is 5.97 Å². The van der Waals surface area contributed by atoms with Gasteiger partial charge in [-0.3, -0.25) is 0 Å². The lowest BCUT2D eigenvalue weighted by molar-refractivity contribution is -0.149. The molecule has 0 saturated heterocycles. The molecule has 1 rings (SSSR count). The Morgan fingerprint density at radius 3 is 2.40 bits per heavy atom. The summed E-state index contributed by atoms with van der Waals surface area (Å²) in [6, 6.07) is 0. The zero-order chi connectivity index (χ0) is 7.72. The summed E-state index contributed by atoms with van der Waals surface area (Å²) >= 11 is 0. The minimum atomic E-state index is -1.16. The third-order valence-corrected chi connectivity index (χ3v) is 2.12. The first-order chi connectivity index (χ1) is 4.63. The predicted octanol–water partition coefficient (Wildman–Crippen LogP) is 0.478. The average molecular weight is 144 g/mol. The summed E-state index contributed by atoms with van der Waals surface area (Å²) in [6.07, 6.45) is 0.990. The van der Waals surface area contributed by atoms with Crippen molar-refractivity contribution in [1.82, 2.24) is 0 Å². The van der Waals surface area contributed by atoms with Crippen LogP contribution in [0, 0.1) is 11.8 Å².